The molecule has 136 valence electrons. The average Bonchev–Trinajstić information content (AvgIpc) is 2.69. The molecule has 0 bridgehead atoms. The smallest absolute Gasteiger partial charge is 0.191 e. The number of hydrogen-bond donors (Lipinski definition) is 2. The van der Waals surface area contributed by atoms with Gasteiger partial charge >= 0.3 is 0 Å². The molecule has 3 aromatic rings. The van der Waals surface area contributed by atoms with Crippen LogP contribution in [-0.4, -0.2) is 11.3 Å². The van der Waals surface area contributed by atoms with Crippen LogP contribution in [0.2, 0.25) is 5.02 Å². The molecule has 2 N–H and O–H groups in total. The third kappa shape index (κ3) is 5.81. The Morgan fingerprint density at radius 3 is 2.48 bits per heavy atom. The first-order chi connectivity index (χ1) is 13.2. The normalized spacial score (nSPS) is 10.6. The molecule has 6 heteroatoms. The second kappa shape index (κ2) is 9.71. The topological polar surface area (TPSA) is 45.7 Å². The summed E-state index contributed by atoms with van der Waals surface area (Å²) in [6.45, 7) is 0.381. The van der Waals surface area contributed by atoms with Crippen LogP contribution < -0.4 is 15.5 Å². The SMILES string of the molecule is S=C(NN=Cc1ccccc1OCc1ccccc1Cl)Nc1ccccc1. The fourth-order valence-electron chi connectivity index (χ4n) is 2.33. The highest BCUT2D eigenvalue weighted by molar-refractivity contribution is 7.80. The van der Waals surface area contributed by atoms with Gasteiger partial charge in [-0.05, 0) is 42.5 Å². The molecule has 4 nitrogen and oxygen atoms in total. The molecule has 0 saturated carbocycles. The van der Waals surface area contributed by atoms with E-state index in [2.05, 4.69) is 15.8 Å². The van der Waals surface area contributed by atoms with Crippen molar-refractivity contribution in [1.29, 1.82) is 0 Å². The van der Waals surface area contributed by atoms with Crippen LogP contribution >= 0.6 is 23.8 Å². The molecule has 3 aromatic carbocycles. The average molecular weight is 396 g/mol. The molecule has 0 radical (unpaired) electrons. The molecular formula is C21H18ClN3OS. The molecule has 0 spiro atoms. The molecule has 27 heavy (non-hydrogen) atoms. The third-order valence-electron chi connectivity index (χ3n) is 3.66. The first-order valence-electron chi connectivity index (χ1n) is 8.33. The molecule has 3 rings (SSSR count). The van der Waals surface area contributed by atoms with E-state index in [0.717, 1.165) is 16.8 Å². The molecule has 0 aromatic heterocycles. The Balaban J connectivity index is 1.59. The fraction of sp³-hybridized carbons (Fsp3) is 0.0476. The van der Waals surface area contributed by atoms with Gasteiger partial charge in [-0.25, -0.2) is 0 Å². The number of thiocarbonyl (C=S) groups is 1. The van der Waals surface area contributed by atoms with Crippen molar-refractivity contribution in [2.24, 2.45) is 5.10 Å². The summed E-state index contributed by atoms with van der Waals surface area (Å²) >= 11 is 11.4. The van der Waals surface area contributed by atoms with Gasteiger partial charge < -0.3 is 10.1 Å². The van der Waals surface area contributed by atoms with Crippen LogP contribution in [0.1, 0.15) is 11.1 Å². The predicted octanol–water partition coefficient (Wildman–Crippen LogP) is 5.24. The summed E-state index contributed by atoms with van der Waals surface area (Å²) in [5.74, 6) is 0.713. The molecular weight excluding hydrogens is 378 g/mol. The maximum Gasteiger partial charge on any atom is 0.191 e. The minimum Gasteiger partial charge on any atom is -0.488 e. The van der Waals surface area contributed by atoms with Crippen LogP contribution in [0.3, 0.4) is 0 Å². The summed E-state index contributed by atoms with van der Waals surface area (Å²) in [6.07, 6.45) is 1.67. The van der Waals surface area contributed by atoms with E-state index in [4.69, 9.17) is 28.6 Å². The second-order valence-corrected chi connectivity index (χ2v) is 6.42. The number of anilines is 1. The monoisotopic (exact) mass is 395 g/mol. The van der Waals surface area contributed by atoms with E-state index in [-0.39, 0.29) is 0 Å². The highest BCUT2D eigenvalue weighted by Crippen LogP contribution is 2.20. The van der Waals surface area contributed by atoms with Gasteiger partial charge in [-0.2, -0.15) is 5.10 Å². The summed E-state index contributed by atoms with van der Waals surface area (Å²) in [4.78, 5) is 0. The second-order valence-electron chi connectivity index (χ2n) is 5.61. The van der Waals surface area contributed by atoms with Crippen LogP contribution in [0, 0.1) is 0 Å². The van der Waals surface area contributed by atoms with Crippen molar-refractivity contribution in [3.63, 3.8) is 0 Å². The molecule has 0 unspecified atom stereocenters. The van der Waals surface area contributed by atoms with E-state index in [1.165, 1.54) is 0 Å². The van der Waals surface area contributed by atoms with E-state index < -0.39 is 0 Å². The summed E-state index contributed by atoms with van der Waals surface area (Å²) in [6, 6.07) is 24.9. The quantitative estimate of drug-likeness (QED) is 0.340. The number of ether oxygens (including phenoxy) is 1. The Hall–Kier alpha value is -2.89. The molecule has 0 aliphatic rings. The molecule has 0 atom stereocenters. The largest absolute Gasteiger partial charge is 0.488 e. The summed E-state index contributed by atoms with van der Waals surface area (Å²) in [5.41, 5.74) is 5.46. The molecule has 0 amide bonds. The van der Waals surface area contributed by atoms with Crippen LogP contribution in [0.25, 0.3) is 0 Å². The number of hydrazone groups is 1. The van der Waals surface area contributed by atoms with Gasteiger partial charge in [-0.15, -0.1) is 0 Å². The number of benzene rings is 3. The summed E-state index contributed by atoms with van der Waals surface area (Å²) in [5, 5.41) is 8.33. The van der Waals surface area contributed by atoms with Crippen molar-refractivity contribution in [3.05, 3.63) is 95.0 Å². The number of hydrogen-bond acceptors (Lipinski definition) is 3. The van der Waals surface area contributed by atoms with Gasteiger partial charge in [0.15, 0.2) is 5.11 Å². The Bertz CT molecular complexity index is 931. The third-order valence-corrected chi connectivity index (χ3v) is 4.22. The lowest BCUT2D eigenvalue weighted by molar-refractivity contribution is 0.306. The molecule has 0 aliphatic carbocycles. The van der Waals surface area contributed by atoms with Gasteiger partial charge in [0.1, 0.15) is 12.4 Å². The van der Waals surface area contributed by atoms with Gasteiger partial charge in [0, 0.05) is 21.8 Å². The fourth-order valence-corrected chi connectivity index (χ4v) is 2.69. The van der Waals surface area contributed by atoms with Crippen molar-refractivity contribution in [2.75, 3.05) is 5.32 Å². The maximum absolute atomic E-state index is 6.18. The van der Waals surface area contributed by atoms with E-state index in [0.29, 0.717) is 22.5 Å². The first kappa shape index (κ1) is 18.9. The molecule has 0 fully saturated rings. The van der Waals surface area contributed by atoms with E-state index in [9.17, 15) is 0 Å². The Morgan fingerprint density at radius 2 is 1.67 bits per heavy atom. The predicted molar refractivity (Wildman–Crippen MR) is 116 cm³/mol. The lowest BCUT2D eigenvalue weighted by atomic mass is 10.2. The molecule has 0 saturated heterocycles. The highest BCUT2D eigenvalue weighted by Gasteiger charge is 2.04. The van der Waals surface area contributed by atoms with Crippen molar-refractivity contribution >= 4 is 40.8 Å². The maximum atomic E-state index is 6.18. The van der Waals surface area contributed by atoms with Gasteiger partial charge in [-0.1, -0.05) is 60.1 Å². The van der Waals surface area contributed by atoms with Gasteiger partial charge in [0.05, 0.1) is 6.21 Å². The first-order valence-corrected chi connectivity index (χ1v) is 9.11. The number of halogens is 1. The van der Waals surface area contributed by atoms with Crippen LogP contribution in [-0.2, 0) is 6.61 Å². The Morgan fingerprint density at radius 1 is 0.963 bits per heavy atom. The van der Waals surface area contributed by atoms with Gasteiger partial charge in [0.2, 0.25) is 0 Å². The molecule has 0 heterocycles. The number of para-hydroxylation sites is 2. The van der Waals surface area contributed by atoms with Crippen molar-refractivity contribution in [3.8, 4) is 5.75 Å². The number of rotatable bonds is 6. The summed E-state index contributed by atoms with van der Waals surface area (Å²) < 4.78 is 5.91. The zero-order chi connectivity index (χ0) is 18.9. The standard InChI is InChI=1S/C21H18ClN3OS/c22-19-12-6-4-9-17(19)15-26-20-13-7-5-8-16(20)14-23-25-21(27)24-18-10-2-1-3-11-18/h1-14H,15H2,(H2,24,25,27). The Kier molecular flexibility index (Phi) is 6.79. The van der Waals surface area contributed by atoms with Gasteiger partial charge in [0.25, 0.3) is 0 Å². The van der Waals surface area contributed by atoms with Crippen molar-refractivity contribution in [1.82, 2.24) is 5.43 Å². The lowest BCUT2D eigenvalue weighted by Crippen LogP contribution is -2.23. The van der Waals surface area contributed by atoms with Crippen LogP contribution in [0.4, 0.5) is 5.69 Å². The lowest BCUT2D eigenvalue weighted by Gasteiger charge is -2.10. The van der Waals surface area contributed by atoms with Crippen LogP contribution in [0.15, 0.2) is 84.0 Å². The van der Waals surface area contributed by atoms with E-state index in [1.54, 1.807) is 6.21 Å². The van der Waals surface area contributed by atoms with Crippen molar-refractivity contribution in [2.45, 2.75) is 6.61 Å². The van der Waals surface area contributed by atoms with E-state index >= 15 is 0 Å². The number of nitrogens with zero attached hydrogens (tertiary/aromatic N) is 1. The highest BCUT2D eigenvalue weighted by atomic mass is 35.5. The van der Waals surface area contributed by atoms with E-state index in [1.807, 2.05) is 78.9 Å². The molecule has 0 aliphatic heterocycles. The summed E-state index contributed by atoms with van der Waals surface area (Å²) in [7, 11) is 0. The Labute approximate surface area is 168 Å². The minimum atomic E-state index is 0.381. The van der Waals surface area contributed by atoms with Crippen LogP contribution in [0.5, 0.6) is 5.75 Å². The van der Waals surface area contributed by atoms with Gasteiger partial charge in [-0.3, -0.25) is 5.43 Å². The number of nitrogens with one attached hydrogen (secondary N) is 2. The van der Waals surface area contributed by atoms with Crippen molar-refractivity contribution < 1.29 is 4.74 Å². The minimum absolute atomic E-state index is 0.381. The zero-order valence-electron chi connectivity index (χ0n) is 14.4. The zero-order valence-corrected chi connectivity index (χ0v) is 16.0.